The van der Waals surface area contributed by atoms with Gasteiger partial charge in [0, 0.05) is 4.91 Å². The summed E-state index contributed by atoms with van der Waals surface area (Å²) in [7, 11) is 0. The first kappa shape index (κ1) is 34.4. The van der Waals surface area contributed by atoms with Crippen molar-refractivity contribution in [2.75, 3.05) is 6.61 Å². The van der Waals surface area contributed by atoms with E-state index in [4.69, 9.17) is 28.4 Å². The van der Waals surface area contributed by atoms with Crippen LogP contribution in [0.5, 0.6) is 0 Å². The van der Waals surface area contributed by atoms with Crippen molar-refractivity contribution in [3.8, 4) is 0 Å². The van der Waals surface area contributed by atoms with Crippen LogP contribution in [0.2, 0.25) is 0 Å². The maximum absolute atomic E-state index is 12.1. The average molecular weight is 652 g/mol. The largest absolute Gasteiger partial charge is 0.479 e. The lowest BCUT2D eigenvalue weighted by atomic mass is 9.95. The molecule has 2 aliphatic heterocycles. The van der Waals surface area contributed by atoms with E-state index in [0.29, 0.717) is 0 Å². The van der Waals surface area contributed by atoms with Crippen LogP contribution in [0.1, 0.15) is 16.7 Å². The van der Waals surface area contributed by atoms with E-state index in [2.05, 4.69) is 10.0 Å². The van der Waals surface area contributed by atoms with Crippen molar-refractivity contribution in [2.24, 2.45) is 5.11 Å². The van der Waals surface area contributed by atoms with Crippen LogP contribution >= 0.6 is 0 Å². The van der Waals surface area contributed by atoms with Crippen molar-refractivity contribution in [1.82, 2.24) is 0 Å². The number of carbonyl (C=O) groups is 1. The van der Waals surface area contributed by atoms with Crippen LogP contribution in [-0.2, 0) is 53.0 Å². The second-order valence-corrected chi connectivity index (χ2v) is 11.1. The molecular weight excluding hydrogens is 614 g/mol. The second kappa shape index (κ2) is 16.8. The Hall–Kier alpha value is -3.92. The van der Waals surface area contributed by atoms with Gasteiger partial charge in [-0.1, -0.05) is 96.1 Å². The van der Waals surface area contributed by atoms with Crippen molar-refractivity contribution in [3.05, 3.63) is 118 Å². The van der Waals surface area contributed by atoms with Gasteiger partial charge in [0.15, 0.2) is 18.7 Å². The highest BCUT2D eigenvalue weighted by atomic mass is 16.7. The molecule has 3 aromatic carbocycles. The van der Waals surface area contributed by atoms with Gasteiger partial charge in [-0.15, -0.1) is 0 Å². The number of aliphatic hydroxyl groups is 3. The van der Waals surface area contributed by atoms with Gasteiger partial charge in [0.1, 0.15) is 42.7 Å². The van der Waals surface area contributed by atoms with Gasteiger partial charge in [0.05, 0.1) is 26.4 Å². The molecular formula is C33H37N3O11. The van der Waals surface area contributed by atoms with E-state index in [-0.39, 0.29) is 19.8 Å². The lowest BCUT2D eigenvalue weighted by Gasteiger charge is -2.47. The fourth-order valence-corrected chi connectivity index (χ4v) is 5.50. The summed E-state index contributed by atoms with van der Waals surface area (Å²) in [5.74, 6) is -1.51. The first-order chi connectivity index (χ1) is 22.9. The zero-order valence-electron chi connectivity index (χ0n) is 25.3. The van der Waals surface area contributed by atoms with Crippen LogP contribution in [0.3, 0.4) is 0 Å². The van der Waals surface area contributed by atoms with Crippen LogP contribution in [0, 0.1) is 0 Å². The van der Waals surface area contributed by atoms with Crippen molar-refractivity contribution in [1.29, 1.82) is 0 Å². The van der Waals surface area contributed by atoms with E-state index in [1.807, 2.05) is 66.7 Å². The third-order valence-electron chi connectivity index (χ3n) is 7.88. The molecule has 2 aliphatic rings. The molecule has 10 atom stereocenters. The van der Waals surface area contributed by atoms with Crippen LogP contribution in [0.4, 0.5) is 0 Å². The number of carboxylic acids is 1. The molecule has 2 saturated heterocycles. The summed E-state index contributed by atoms with van der Waals surface area (Å²) >= 11 is 0. The fourth-order valence-electron chi connectivity index (χ4n) is 5.50. The molecule has 2 heterocycles. The summed E-state index contributed by atoms with van der Waals surface area (Å²) in [6.45, 7) is -0.556. The molecule has 4 N–H and O–H groups in total. The van der Waals surface area contributed by atoms with Crippen molar-refractivity contribution in [3.63, 3.8) is 0 Å². The number of rotatable bonds is 14. The number of aliphatic hydroxyl groups excluding tert-OH is 3. The van der Waals surface area contributed by atoms with E-state index in [0.717, 1.165) is 16.7 Å². The zero-order chi connectivity index (χ0) is 33.2. The molecule has 0 radical (unpaired) electrons. The average Bonchev–Trinajstić information content (AvgIpc) is 3.09. The maximum Gasteiger partial charge on any atom is 0.335 e. The predicted molar refractivity (Wildman–Crippen MR) is 163 cm³/mol. The summed E-state index contributed by atoms with van der Waals surface area (Å²) in [4.78, 5) is 15.1. The summed E-state index contributed by atoms with van der Waals surface area (Å²) < 4.78 is 35.9. The molecule has 0 aliphatic carbocycles. The molecule has 1 unspecified atom stereocenters. The summed E-state index contributed by atoms with van der Waals surface area (Å²) in [6, 6.07) is 26.1. The SMILES string of the molecule is [N-]=[N+]=N[C@H]1C(OCc2ccccc2)O[C@H](CO)[C@@H](O[C@@H]2O[C@@H](C(=O)O)[C@@H](O)[C@H](OCc3ccccc3)[C@H]2O)[C@@H]1OCc1ccccc1. The Morgan fingerprint density at radius 3 is 1.72 bits per heavy atom. The smallest absolute Gasteiger partial charge is 0.335 e. The van der Waals surface area contributed by atoms with Gasteiger partial charge in [-0.2, -0.15) is 0 Å². The molecule has 0 amide bonds. The van der Waals surface area contributed by atoms with E-state index in [1.54, 1.807) is 24.3 Å². The molecule has 3 aromatic rings. The van der Waals surface area contributed by atoms with Gasteiger partial charge in [-0.3, -0.25) is 0 Å². The molecule has 14 heteroatoms. The topological polar surface area (TPSA) is 202 Å². The Balaban J connectivity index is 1.42. The Bertz CT molecular complexity index is 1450. The minimum atomic E-state index is -1.83. The first-order valence-electron chi connectivity index (χ1n) is 15.1. The van der Waals surface area contributed by atoms with Crippen molar-refractivity contribution < 1.29 is 53.6 Å². The van der Waals surface area contributed by atoms with Gasteiger partial charge in [0.2, 0.25) is 0 Å². The minimum absolute atomic E-state index is 0.0275. The number of azide groups is 1. The van der Waals surface area contributed by atoms with E-state index < -0.39 is 73.9 Å². The van der Waals surface area contributed by atoms with Gasteiger partial charge >= 0.3 is 5.97 Å². The third kappa shape index (κ3) is 8.71. The monoisotopic (exact) mass is 651 g/mol. The fraction of sp³-hybridized carbons (Fsp3) is 0.424. The van der Waals surface area contributed by atoms with Gasteiger partial charge < -0.3 is 48.8 Å². The lowest BCUT2D eigenvalue weighted by Crippen LogP contribution is -2.65. The predicted octanol–water partition coefficient (Wildman–Crippen LogP) is 2.69. The van der Waals surface area contributed by atoms with Crippen LogP contribution in [0.15, 0.2) is 96.1 Å². The molecule has 14 nitrogen and oxygen atoms in total. The molecule has 0 aromatic heterocycles. The molecule has 0 spiro atoms. The van der Waals surface area contributed by atoms with Crippen molar-refractivity contribution >= 4 is 5.97 Å². The Labute approximate surface area is 270 Å². The Morgan fingerprint density at radius 2 is 1.23 bits per heavy atom. The van der Waals surface area contributed by atoms with Gasteiger partial charge in [-0.05, 0) is 22.2 Å². The Kier molecular flexibility index (Phi) is 12.3. The summed E-state index contributed by atoms with van der Waals surface area (Å²) in [6.07, 6.45) is -13.2. The molecule has 0 bridgehead atoms. The number of nitrogens with zero attached hydrogens (tertiary/aromatic N) is 3. The Morgan fingerprint density at radius 1 is 0.723 bits per heavy atom. The van der Waals surface area contributed by atoms with Crippen LogP contribution < -0.4 is 0 Å². The van der Waals surface area contributed by atoms with Crippen LogP contribution in [-0.4, -0.2) is 94.4 Å². The van der Waals surface area contributed by atoms with Crippen molar-refractivity contribution in [2.45, 2.75) is 81.2 Å². The van der Waals surface area contributed by atoms with Gasteiger partial charge in [0.25, 0.3) is 0 Å². The normalized spacial score (nSPS) is 30.7. The number of hydrogen-bond acceptors (Lipinski definition) is 11. The first-order valence-corrected chi connectivity index (χ1v) is 15.1. The zero-order valence-corrected chi connectivity index (χ0v) is 25.3. The number of benzene rings is 3. The number of carboxylic acid groups (broad SMARTS) is 1. The summed E-state index contributed by atoms with van der Waals surface area (Å²) in [5.41, 5.74) is 11.8. The number of ether oxygens (including phenoxy) is 6. The lowest BCUT2D eigenvalue weighted by molar-refractivity contribution is -0.350. The molecule has 250 valence electrons. The van der Waals surface area contributed by atoms with E-state index in [9.17, 15) is 30.8 Å². The van der Waals surface area contributed by atoms with E-state index >= 15 is 0 Å². The minimum Gasteiger partial charge on any atom is -0.479 e. The maximum atomic E-state index is 12.1. The second-order valence-electron chi connectivity index (χ2n) is 11.1. The highest BCUT2D eigenvalue weighted by molar-refractivity contribution is 5.73. The molecule has 5 rings (SSSR count). The summed E-state index contributed by atoms with van der Waals surface area (Å²) in [5, 5.41) is 46.3. The number of aliphatic carboxylic acids is 1. The third-order valence-corrected chi connectivity index (χ3v) is 7.88. The molecule has 47 heavy (non-hydrogen) atoms. The van der Waals surface area contributed by atoms with Crippen LogP contribution in [0.25, 0.3) is 10.4 Å². The molecule has 2 fully saturated rings. The number of hydrogen-bond donors (Lipinski definition) is 4. The molecule has 0 saturated carbocycles. The quantitative estimate of drug-likeness (QED) is 0.113. The standard InChI is InChI=1S/C33H37N3O11/c34-36-35-24-28(42-17-20-10-4-1-5-11-20)27(23(16-37)45-32(24)44-19-22-14-8-3-9-15-22)46-33-26(39)29(25(38)30(47-33)31(40)41)43-18-21-12-6-2-7-13-21/h1-15,23-30,32-33,37-39H,16-19H2,(H,40,41)/t23-,24-,25+,26-,27-,28-,29+,30-,32?,33-/m1/s1. The van der Waals surface area contributed by atoms with E-state index in [1.165, 1.54) is 0 Å². The highest BCUT2D eigenvalue weighted by Gasteiger charge is 2.53. The van der Waals surface area contributed by atoms with Gasteiger partial charge in [-0.25, -0.2) is 4.79 Å². The highest BCUT2D eigenvalue weighted by Crippen LogP contribution is 2.34.